The lowest BCUT2D eigenvalue weighted by atomic mass is 9.98. The second-order valence-electron chi connectivity index (χ2n) is 6.64. The number of hydrogen-bond acceptors (Lipinski definition) is 3. The first kappa shape index (κ1) is 14.4. The molecule has 1 amide bonds. The van der Waals surface area contributed by atoms with Gasteiger partial charge in [0.2, 0.25) is 0 Å². The van der Waals surface area contributed by atoms with Gasteiger partial charge < -0.3 is 15.0 Å². The molecule has 2 aliphatic heterocycles. The Morgan fingerprint density at radius 3 is 2.42 bits per heavy atom. The molecule has 1 N–H and O–H groups in total. The molecule has 0 radical (unpaired) electrons. The largest absolute Gasteiger partial charge is 0.444 e. The van der Waals surface area contributed by atoms with E-state index in [4.69, 9.17) is 4.74 Å². The van der Waals surface area contributed by atoms with E-state index in [1.165, 1.54) is 0 Å². The van der Waals surface area contributed by atoms with Crippen LogP contribution in [0, 0.1) is 0 Å². The zero-order valence-electron chi connectivity index (χ0n) is 12.3. The topological polar surface area (TPSA) is 41.6 Å². The molecule has 2 rings (SSSR count). The SMILES string of the molecule is C=CCNC1CC2CCC(C1)N2C(=O)OC(C)(C)C. The van der Waals surface area contributed by atoms with Crippen LogP contribution in [0.1, 0.15) is 46.5 Å². The Bertz CT molecular complexity index is 335. The monoisotopic (exact) mass is 266 g/mol. The lowest BCUT2D eigenvalue weighted by Gasteiger charge is -2.39. The number of amides is 1. The van der Waals surface area contributed by atoms with Crippen LogP contribution >= 0.6 is 0 Å². The summed E-state index contributed by atoms with van der Waals surface area (Å²) < 4.78 is 5.52. The number of piperidine rings is 1. The molecular weight excluding hydrogens is 240 g/mol. The smallest absolute Gasteiger partial charge is 0.410 e. The molecular formula is C15H26N2O2. The van der Waals surface area contributed by atoms with Crippen LogP contribution in [0.4, 0.5) is 4.79 Å². The van der Waals surface area contributed by atoms with Crippen LogP contribution < -0.4 is 5.32 Å². The normalized spacial score (nSPS) is 30.3. The van der Waals surface area contributed by atoms with Gasteiger partial charge in [0.1, 0.15) is 5.60 Å². The maximum atomic E-state index is 12.3. The number of carbonyl (C=O) groups excluding carboxylic acids is 1. The minimum atomic E-state index is -0.408. The van der Waals surface area contributed by atoms with Crippen LogP contribution in [0.5, 0.6) is 0 Å². The number of hydrogen-bond donors (Lipinski definition) is 1. The number of nitrogens with one attached hydrogen (secondary N) is 1. The van der Waals surface area contributed by atoms with E-state index < -0.39 is 5.60 Å². The van der Waals surface area contributed by atoms with Crippen molar-refractivity contribution in [1.82, 2.24) is 10.2 Å². The molecule has 4 nitrogen and oxygen atoms in total. The summed E-state index contributed by atoms with van der Waals surface area (Å²) in [6.07, 6.45) is 6.03. The van der Waals surface area contributed by atoms with Crippen LogP contribution in [0.3, 0.4) is 0 Å². The quantitative estimate of drug-likeness (QED) is 0.799. The van der Waals surface area contributed by atoms with E-state index >= 15 is 0 Å². The molecule has 2 fully saturated rings. The summed E-state index contributed by atoms with van der Waals surface area (Å²) in [7, 11) is 0. The average molecular weight is 266 g/mol. The maximum Gasteiger partial charge on any atom is 0.410 e. The van der Waals surface area contributed by atoms with Crippen LogP contribution in [-0.2, 0) is 4.74 Å². The third-order valence-electron chi connectivity index (χ3n) is 3.89. The van der Waals surface area contributed by atoms with Gasteiger partial charge in [0.25, 0.3) is 0 Å². The van der Waals surface area contributed by atoms with Gasteiger partial charge in [-0.25, -0.2) is 4.79 Å². The summed E-state index contributed by atoms with van der Waals surface area (Å²) >= 11 is 0. The first-order chi connectivity index (χ1) is 8.90. The molecule has 2 atom stereocenters. The second-order valence-corrected chi connectivity index (χ2v) is 6.64. The van der Waals surface area contributed by atoms with Crippen LogP contribution in [0.2, 0.25) is 0 Å². The number of nitrogens with zero attached hydrogens (tertiary/aromatic N) is 1. The van der Waals surface area contributed by atoms with Crippen molar-refractivity contribution in [3.63, 3.8) is 0 Å². The van der Waals surface area contributed by atoms with Crippen molar-refractivity contribution in [2.75, 3.05) is 6.54 Å². The summed E-state index contributed by atoms with van der Waals surface area (Å²) in [5, 5.41) is 3.48. The van der Waals surface area contributed by atoms with Gasteiger partial charge in [-0.05, 0) is 46.5 Å². The first-order valence-electron chi connectivity index (χ1n) is 7.26. The van der Waals surface area contributed by atoms with E-state index in [0.717, 1.165) is 32.2 Å². The molecule has 0 aromatic carbocycles. The van der Waals surface area contributed by atoms with E-state index in [9.17, 15) is 4.79 Å². The summed E-state index contributed by atoms with van der Waals surface area (Å²) in [5.41, 5.74) is -0.408. The van der Waals surface area contributed by atoms with Crippen molar-refractivity contribution < 1.29 is 9.53 Å². The Morgan fingerprint density at radius 1 is 1.37 bits per heavy atom. The van der Waals surface area contributed by atoms with E-state index in [-0.39, 0.29) is 6.09 Å². The fourth-order valence-electron chi connectivity index (χ4n) is 3.21. The molecule has 0 aromatic rings. The molecule has 0 aliphatic carbocycles. The number of rotatable bonds is 3. The summed E-state index contributed by atoms with van der Waals surface area (Å²) in [6.45, 7) is 10.3. The summed E-state index contributed by atoms with van der Waals surface area (Å²) in [4.78, 5) is 14.2. The standard InChI is InChI=1S/C15H26N2O2/c1-5-8-16-11-9-12-6-7-13(10-11)17(12)14(18)19-15(2,3)4/h5,11-13,16H,1,6-10H2,2-4H3. The molecule has 2 aliphatic rings. The number of carbonyl (C=O) groups is 1. The van der Waals surface area contributed by atoms with Gasteiger partial charge in [0.15, 0.2) is 0 Å². The molecule has 2 heterocycles. The Labute approximate surface area is 116 Å². The lowest BCUT2D eigenvalue weighted by Crippen LogP contribution is -2.52. The van der Waals surface area contributed by atoms with Crippen molar-refractivity contribution in [2.45, 2.75) is 70.2 Å². The minimum Gasteiger partial charge on any atom is -0.444 e. The van der Waals surface area contributed by atoms with Gasteiger partial charge >= 0.3 is 6.09 Å². The molecule has 0 aromatic heterocycles. The Hall–Kier alpha value is -1.03. The van der Waals surface area contributed by atoms with Crippen molar-refractivity contribution in [1.29, 1.82) is 0 Å². The van der Waals surface area contributed by atoms with Gasteiger partial charge in [0.05, 0.1) is 0 Å². The highest BCUT2D eigenvalue weighted by molar-refractivity contribution is 5.69. The lowest BCUT2D eigenvalue weighted by molar-refractivity contribution is 0.00488. The van der Waals surface area contributed by atoms with Gasteiger partial charge in [-0.2, -0.15) is 0 Å². The Kier molecular flexibility index (Phi) is 4.19. The van der Waals surface area contributed by atoms with E-state index in [0.29, 0.717) is 18.1 Å². The second kappa shape index (κ2) is 5.53. The van der Waals surface area contributed by atoms with Gasteiger partial charge in [-0.3, -0.25) is 0 Å². The molecule has 108 valence electrons. The van der Waals surface area contributed by atoms with Gasteiger partial charge in [-0.15, -0.1) is 6.58 Å². The van der Waals surface area contributed by atoms with Crippen LogP contribution in [0.15, 0.2) is 12.7 Å². The van der Waals surface area contributed by atoms with Crippen LogP contribution in [-0.4, -0.2) is 41.3 Å². The molecule has 19 heavy (non-hydrogen) atoms. The molecule has 4 heteroatoms. The van der Waals surface area contributed by atoms with Crippen molar-refractivity contribution >= 4 is 6.09 Å². The Morgan fingerprint density at radius 2 is 1.95 bits per heavy atom. The van der Waals surface area contributed by atoms with Crippen molar-refractivity contribution in [2.24, 2.45) is 0 Å². The third kappa shape index (κ3) is 3.50. The zero-order valence-corrected chi connectivity index (χ0v) is 12.3. The third-order valence-corrected chi connectivity index (χ3v) is 3.89. The number of fused-ring (bicyclic) bond motifs is 2. The predicted molar refractivity (Wildman–Crippen MR) is 76.1 cm³/mol. The molecule has 0 spiro atoms. The molecule has 2 saturated heterocycles. The summed E-state index contributed by atoms with van der Waals surface area (Å²) in [6, 6.07) is 1.20. The van der Waals surface area contributed by atoms with Gasteiger partial charge in [0, 0.05) is 24.7 Å². The highest BCUT2D eigenvalue weighted by Gasteiger charge is 2.44. The van der Waals surface area contributed by atoms with Crippen molar-refractivity contribution in [3.8, 4) is 0 Å². The maximum absolute atomic E-state index is 12.3. The fraction of sp³-hybridized carbons (Fsp3) is 0.800. The molecule has 0 saturated carbocycles. The first-order valence-corrected chi connectivity index (χ1v) is 7.26. The van der Waals surface area contributed by atoms with E-state index in [1.54, 1.807) is 0 Å². The Balaban J connectivity index is 1.95. The molecule has 2 unspecified atom stereocenters. The number of ether oxygens (including phenoxy) is 1. The van der Waals surface area contributed by atoms with E-state index in [2.05, 4.69) is 11.9 Å². The molecule has 2 bridgehead atoms. The van der Waals surface area contributed by atoms with Gasteiger partial charge in [-0.1, -0.05) is 6.08 Å². The minimum absolute atomic E-state index is 0.137. The highest BCUT2D eigenvalue weighted by Crippen LogP contribution is 2.36. The van der Waals surface area contributed by atoms with Crippen LogP contribution in [0.25, 0.3) is 0 Å². The average Bonchev–Trinajstić information content (AvgIpc) is 2.56. The van der Waals surface area contributed by atoms with Crippen molar-refractivity contribution in [3.05, 3.63) is 12.7 Å². The predicted octanol–water partition coefficient (Wildman–Crippen LogP) is 2.69. The summed E-state index contributed by atoms with van der Waals surface area (Å²) in [5.74, 6) is 0. The highest BCUT2D eigenvalue weighted by atomic mass is 16.6. The zero-order chi connectivity index (χ0) is 14.0. The fourth-order valence-corrected chi connectivity index (χ4v) is 3.21. The van der Waals surface area contributed by atoms with E-state index in [1.807, 2.05) is 31.7 Å².